The standard InChI is InChI=1S/C27H29N3O3S2/c1-19-8-10-24(11-9-19)35(32,33)30-14-13-28(17-21(30)3)26(31)25-16-22-12-15-34-27(22)29(25)18-23-7-5-4-6-20(23)2/h4-12,15-16,21H,13-14,17-18H2,1-3H3. The summed E-state index contributed by atoms with van der Waals surface area (Å²) in [5.41, 5.74) is 4.03. The van der Waals surface area contributed by atoms with Crippen molar-refractivity contribution < 1.29 is 13.2 Å². The molecule has 4 aromatic rings. The number of piperazine rings is 1. The van der Waals surface area contributed by atoms with Crippen LogP contribution in [0, 0.1) is 13.8 Å². The molecule has 2 aromatic carbocycles. The Hall–Kier alpha value is -2.94. The summed E-state index contributed by atoms with van der Waals surface area (Å²) in [7, 11) is -3.62. The number of sulfonamides is 1. The first-order valence-electron chi connectivity index (χ1n) is 11.7. The fourth-order valence-electron chi connectivity index (χ4n) is 4.76. The smallest absolute Gasteiger partial charge is 0.270 e. The fourth-order valence-corrected chi connectivity index (χ4v) is 7.27. The van der Waals surface area contributed by atoms with Crippen LogP contribution in [0.15, 0.2) is 70.9 Å². The second-order valence-electron chi connectivity index (χ2n) is 9.25. The summed E-state index contributed by atoms with van der Waals surface area (Å²) >= 11 is 1.63. The number of hydrogen-bond donors (Lipinski definition) is 0. The first-order chi connectivity index (χ1) is 16.8. The van der Waals surface area contributed by atoms with Crippen LogP contribution in [0.2, 0.25) is 0 Å². The Morgan fingerprint density at radius 3 is 2.49 bits per heavy atom. The molecular weight excluding hydrogens is 478 g/mol. The third-order valence-corrected chi connectivity index (χ3v) is 9.77. The third-order valence-electron chi connectivity index (χ3n) is 6.79. The van der Waals surface area contributed by atoms with E-state index >= 15 is 0 Å². The molecule has 1 aliphatic heterocycles. The molecule has 5 rings (SSSR count). The van der Waals surface area contributed by atoms with Crippen LogP contribution in [0.3, 0.4) is 0 Å². The average molecular weight is 508 g/mol. The Bertz CT molecular complexity index is 1490. The first kappa shape index (κ1) is 23.8. The molecule has 8 heteroatoms. The lowest BCUT2D eigenvalue weighted by atomic mass is 10.1. The molecule has 0 N–H and O–H groups in total. The molecular formula is C27H29N3O3S2. The van der Waals surface area contributed by atoms with Crippen LogP contribution in [-0.4, -0.2) is 53.8 Å². The van der Waals surface area contributed by atoms with Gasteiger partial charge in [0.05, 0.1) is 4.90 Å². The van der Waals surface area contributed by atoms with E-state index in [4.69, 9.17) is 0 Å². The van der Waals surface area contributed by atoms with E-state index in [0.29, 0.717) is 30.2 Å². The highest BCUT2D eigenvalue weighted by Crippen LogP contribution is 2.29. The van der Waals surface area contributed by atoms with Gasteiger partial charge in [0.25, 0.3) is 5.91 Å². The Morgan fingerprint density at radius 2 is 1.77 bits per heavy atom. The number of carbonyl (C=O) groups is 1. The van der Waals surface area contributed by atoms with E-state index in [0.717, 1.165) is 15.8 Å². The topological polar surface area (TPSA) is 62.6 Å². The van der Waals surface area contributed by atoms with E-state index in [9.17, 15) is 13.2 Å². The maximum atomic E-state index is 13.7. The molecule has 1 amide bonds. The highest BCUT2D eigenvalue weighted by atomic mass is 32.2. The number of carbonyl (C=O) groups excluding carboxylic acids is 1. The minimum absolute atomic E-state index is 0.0544. The molecule has 182 valence electrons. The quantitative estimate of drug-likeness (QED) is 0.386. The fraction of sp³-hybridized carbons (Fsp3) is 0.296. The SMILES string of the molecule is Cc1ccc(S(=O)(=O)N2CCN(C(=O)c3cc4ccsc4n3Cc3ccccc3C)CC2C)cc1. The molecule has 1 saturated heterocycles. The number of rotatable bonds is 5. The van der Waals surface area contributed by atoms with Gasteiger partial charge >= 0.3 is 0 Å². The maximum Gasteiger partial charge on any atom is 0.270 e. The number of nitrogens with zero attached hydrogens (tertiary/aromatic N) is 3. The molecule has 0 radical (unpaired) electrons. The molecule has 2 aromatic heterocycles. The highest BCUT2D eigenvalue weighted by molar-refractivity contribution is 7.89. The molecule has 35 heavy (non-hydrogen) atoms. The second kappa shape index (κ2) is 9.26. The van der Waals surface area contributed by atoms with E-state index in [2.05, 4.69) is 23.6 Å². The number of benzene rings is 2. The van der Waals surface area contributed by atoms with E-state index < -0.39 is 10.0 Å². The van der Waals surface area contributed by atoms with Gasteiger partial charge in [-0.15, -0.1) is 11.3 Å². The minimum Gasteiger partial charge on any atom is -0.334 e. The number of hydrogen-bond acceptors (Lipinski definition) is 4. The van der Waals surface area contributed by atoms with Gasteiger partial charge in [-0.3, -0.25) is 4.79 Å². The largest absolute Gasteiger partial charge is 0.334 e. The summed E-state index contributed by atoms with van der Waals surface area (Å²) in [6.07, 6.45) is 0. The molecule has 1 aliphatic rings. The van der Waals surface area contributed by atoms with Crippen LogP contribution in [0.5, 0.6) is 0 Å². The van der Waals surface area contributed by atoms with Gasteiger partial charge in [0.2, 0.25) is 10.0 Å². The summed E-state index contributed by atoms with van der Waals surface area (Å²) in [6, 6.07) is 18.8. The first-order valence-corrected chi connectivity index (χ1v) is 14.1. The Morgan fingerprint density at radius 1 is 1.03 bits per heavy atom. The van der Waals surface area contributed by atoms with Crippen molar-refractivity contribution in [3.05, 3.63) is 88.4 Å². The molecule has 1 atom stereocenters. The number of aromatic nitrogens is 1. The van der Waals surface area contributed by atoms with Gasteiger partial charge in [0.15, 0.2) is 0 Å². The molecule has 0 aliphatic carbocycles. The summed E-state index contributed by atoms with van der Waals surface area (Å²) in [5.74, 6) is -0.0544. The monoisotopic (exact) mass is 507 g/mol. The second-order valence-corrected chi connectivity index (χ2v) is 12.0. The molecule has 0 spiro atoms. The van der Waals surface area contributed by atoms with Crippen molar-refractivity contribution in [1.82, 2.24) is 13.8 Å². The van der Waals surface area contributed by atoms with Crippen LogP contribution in [-0.2, 0) is 16.6 Å². The number of amides is 1. The lowest BCUT2D eigenvalue weighted by Crippen LogP contribution is -2.55. The lowest BCUT2D eigenvalue weighted by Gasteiger charge is -2.39. The van der Waals surface area contributed by atoms with Crippen molar-refractivity contribution >= 4 is 37.5 Å². The van der Waals surface area contributed by atoms with Crippen LogP contribution >= 0.6 is 11.3 Å². The number of fused-ring (bicyclic) bond motifs is 1. The van der Waals surface area contributed by atoms with Gasteiger partial charge in [-0.05, 0) is 61.5 Å². The Labute approximate surface area is 210 Å². The van der Waals surface area contributed by atoms with Gasteiger partial charge in [0.1, 0.15) is 10.5 Å². The van der Waals surface area contributed by atoms with E-state index in [1.807, 2.05) is 55.6 Å². The summed E-state index contributed by atoms with van der Waals surface area (Å²) in [5, 5.41) is 3.10. The van der Waals surface area contributed by atoms with E-state index in [-0.39, 0.29) is 18.5 Å². The van der Waals surface area contributed by atoms with Crippen LogP contribution < -0.4 is 0 Å². The van der Waals surface area contributed by atoms with Crippen molar-refractivity contribution in [2.24, 2.45) is 0 Å². The van der Waals surface area contributed by atoms with Crippen molar-refractivity contribution in [3.63, 3.8) is 0 Å². The molecule has 3 heterocycles. The molecule has 1 fully saturated rings. The Kier molecular flexibility index (Phi) is 6.29. The van der Waals surface area contributed by atoms with E-state index in [1.165, 1.54) is 15.4 Å². The zero-order chi connectivity index (χ0) is 24.7. The zero-order valence-corrected chi connectivity index (χ0v) is 21.8. The van der Waals surface area contributed by atoms with Crippen molar-refractivity contribution in [2.75, 3.05) is 19.6 Å². The molecule has 0 saturated carbocycles. The summed E-state index contributed by atoms with van der Waals surface area (Å²) < 4.78 is 30.1. The number of thiophene rings is 1. The maximum absolute atomic E-state index is 13.7. The summed E-state index contributed by atoms with van der Waals surface area (Å²) in [6.45, 7) is 7.50. The average Bonchev–Trinajstić information content (AvgIpc) is 3.42. The lowest BCUT2D eigenvalue weighted by molar-refractivity contribution is 0.0632. The van der Waals surface area contributed by atoms with Crippen LogP contribution in [0.25, 0.3) is 10.2 Å². The predicted octanol–water partition coefficient (Wildman–Crippen LogP) is 4.90. The van der Waals surface area contributed by atoms with E-state index in [1.54, 1.807) is 28.4 Å². The van der Waals surface area contributed by atoms with Gasteiger partial charge in [-0.25, -0.2) is 8.42 Å². The van der Waals surface area contributed by atoms with Gasteiger partial charge < -0.3 is 9.47 Å². The summed E-state index contributed by atoms with van der Waals surface area (Å²) in [4.78, 5) is 16.9. The van der Waals surface area contributed by atoms with Gasteiger partial charge in [-0.1, -0.05) is 42.0 Å². The highest BCUT2D eigenvalue weighted by Gasteiger charge is 2.36. The molecule has 0 bridgehead atoms. The van der Waals surface area contributed by atoms with Crippen molar-refractivity contribution in [3.8, 4) is 0 Å². The normalized spacial score (nSPS) is 17.2. The minimum atomic E-state index is -3.62. The van der Waals surface area contributed by atoms with Gasteiger partial charge in [0, 0.05) is 37.6 Å². The predicted molar refractivity (Wildman–Crippen MR) is 141 cm³/mol. The van der Waals surface area contributed by atoms with Crippen LogP contribution in [0.4, 0.5) is 0 Å². The Balaban J connectivity index is 1.39. The zero-order valence-electron chi connectivity index (χ0n) is 20.1. The van der Waals surface area contributed by atoms with Crippen molar-refractivity contribution in [2.45, 2.75) is 38.3 Å². The third kappa shape index (κ3) is 4.42. The molecule has 6 nitrogen and oxygen atoms in total. The van der Waals surface area contributed by atoms with Crippen molar-refractivity contribution in [1.29, 1.82) is 0 Å². The van der Waals surface area contributed by atoms with Gasteiger partial charge in [-0.2, -0.15) is 4.31 Å². The number of aryl methyl sites for hydroxylation is 2. The van der Waals surface area contributed by atoms with Crippen LogP contribution in [0.1, 0.15) is 34.1 Å². The molecule has 1 unspecified atom stereocenters.